The third-order valence-corrected chi connectivity index (χ3v) is 3.26. The van der Waals surface area contributed by atoms with Crippen molar-refractivity contribution < 1.29 is 4.74 Å². The van der Waals surface area contributed by atoms with E-state index >= 15 is 0 Å². The molecule has 0 aliphatic rings. The Morgan fingerprint density at radius 1 is 1.11 bits per heavy atom. The number of hydrogen-bond acceptors (Lipinski definition) is 2. The fourth-order valence-corrected chi connectivity index (χ4v) is 1.92. The lowest BCUT2D eigenvalue weighted by atomic mass is 10.0. The molecular formula is C15H24ClNO. The van der Waals surface area contributed by atoms with Gasteiger partial charge >= 0.3 is 0 Å². The van der Waals surface area contributed by atoms with Gasteiger partial charge in [-0.25, -0.2) is 0 Å². The van der Waals surface area contributed by atoms with Crippen molar-refractivity contribution in [3.8, 4) is 0 Å². The van der Waals surface area contributed by atoms with Crippen LogP contribution in [0.3, 0.4) is 0 Å². The van der Waals surface area contributed by atoms with Gasteiger partial charge in [-0.1, -0.05) is 37.6 Å². The third kappa shape index (κ3) is 5.85. The molecule has 1 rings (SSSR count). The molecule has 0 radical (unpaired) electrons. The summed E-state index contributed by atoms with van der Waals surface area (Å²) in [6.45, 7) is 6.08. The lowest BCUT2D eigenvalue weighted by Crippen LogP contribution is -2.18. The van der Waals surface area contributed by atoms with Crippen molar-refractivity contribution in [3.05, 3.63) is 34.9 Å². The topological polar surface area (TPSA) is 21.3 Å². The van der Waals surface area contributed by atoms with Crippen molar-refractivity contribution >= 4 is 11.6 Å². The van der Waals surface area contributed by atoms with Crippen LogP contribution in [0.5, 0.6) is 0 Å². The fourth-order valence-electron chi connectivity index (χ4n) is 1.80. The number of nitrogens with one attached hydrogen (secondary N) is 1. The van der Waals surface area contributed by atoms with E-state index in [9.17, 15) is 0 Å². The van der Waals surface area contributed by atoms with Crippen molar-refractivity contribution in [2.75, 3.05) is 20.3 Å². The van der Waals surface area contributed by atoms with Gasteiger partial charge in [0.05, 0.1) is 0 Å². The zero-order valence-corrected chi connectivity index (χ0v) is 12.3. The number of hydrogen-bond donors (Lipinski definition) is 1. The van der Waals surface area contributed by atoms with Crippen molar-refractivity contribution in [2.45, 2.75) is 32.7 Å². The van der Waals surface area contributed by atoms with E-state index in [1.54, 1.807) is 0 Å². The Kier molecular flexibility index (Phi) is 7.33. The van der Waals surface area contributed by atoms with Gasteiger partial charge in [-0.15, -0.1) is 0 Å². The molecule has 1 atom stereocenters. The van der Waals surface area contributed by atoms with Gasteiger partial charge in [0.2, 0.25) is 0 Å². The molecule has 0 aliphatic heterocycles. The van der Waals surface area contributed by atoms with Crippen LogP contribution >= 0.6 is 11.6 Å². The highest BCUT2D eigenvalue weighted by molar-refractivity contribution is 6.30. The Hall–Kier alpha value is -0.570. The molecule has 0 aromatic heterocycles. The molecular weight excluding hydrogens is 246 g/mol. The monoisotopic (exact) mass is 269 g/mol. The van der Waals surface area contributed by atoms with Crippen molar-refractivity contribution in [2.24, 2.45) is 5.92 Å². The van der Waals surface area contributed by atoms with E-state index in [0.29, 0.717) is 12.0 Å². The van der Waals surface area contributed by atoms with Crippen molar-refractivity contribution in [1.29, 1.82) is 0 Å². The van der Waals surface area contributed by atoms with E-state index < -0.39 is 0 Å². The summed E-state index contributed by atoms with van der Waals surface area (Å²) in [6.07, 6.45) is 2.11. The highest BCUT2D eigenvalue weighted by Crippen LogP contribution is 2.19. The average Bonchev–Trinajstić information content (AvgIpc) is 2.35. The maximum Gasteiger partial charge on any atom is 0.0484 e. The first-order chi connectivity index (χ1) is 8.63. The minimum absolute atomic E-state index is 0.335. The second-order valence-corrected chi connectivity index (χ2v) is 5.41. The van der Waals surface area contributed by atoms with Gasteiger partial charge < -0.3 is 10.1 Å². The normalized spacial score (nSPS) is 12.9. The maximum atomic E-state index is 5.89. The minimum atomic E-state index is 0.335. The van der Waals surface area contributed by atoms with E-state index in [4.69, 9.17) is 16.3 Å². The fraction of sp³-hybridized carbons (Fsp3) is 0.600. The molecule has 3 heteroatoms. The standard InChI is InChI=1S/C15H24ClNO/c1-12(2)8-10-18-11-9-15(17-3)13-4-6-14(16)7-5-13/h4-7,12,15,17H,8-11H2,1-3H3. The summed E-state index contributed by atoms with van der Waals surface area (Å²) in [7, 11) is 1.98. The van der Waals surface area contributed by atoms with Gasteiger partial charge in [-0.3, -0.25) is 0 Å². The molecule has 0 amide bonds. The first-order valence-corrected chi connectivity index (χ1v) is 7.01. The SMILES string of the molecule is CNC(CCOCCC(C)C)c1ccc(Cl)cc1. The van der Waals surface area contributed by atoms with E-state index in [1.807, 2.05) is 19.2 Å². The zero-order chi connectivity index (χ0) is 13.4. The summed E-state index contributed by atoms with van der Waals surface area (Å²) < 4.78 is 5.66. The zero-order valence-electron chi connectivity index (χ0n) is 11.6. The predicted octanol–water partition coefficient (Wildman–Crippen LogP) is 4.05. The first kappa shape index (κ1) is 15.5. The van der Waals surface area contributed by atoms with Crippen molar-refractivity contribution in [1.82, 2.24) is 5.32 Å². The van der Waals surface area contributed by atoms with Crippen LogP contribution < -0.4 is 5.32 Å². The number of benzene rings is 1. The van der Waals surface area contributed by atoms with Crippen LogP contribution in [-0.4, -0.2) is 20.3 Å². The molecule has 0 spiro atoms. The second-order valence-electron chi connectivity index (χ2n) is 4.98. The van der Waals surface area contributed by atoms with Crippen LogP contribution in [0.2, 0.25) is 5.02 Å². The Labute approximate surface area is 116 Å². The maximum absolute atomic E-state index is 5.89. The van der Waals surface area contributed by atoms with Crippen LogP contribution in [-0.2, 0) is 4.74 Å². The van der Waals surface area contributed by atoms with Crippen LogP contribution in [0.1, 0.15) is 38.3 Å². The van der Waals surface area contributed by atoms with Gasteiger partial charge in [-0.2, -0.15) is 0 Å². The molecule has 1 aromatic rings. The first-order valence-electron chi connectivity index (χ1n) is 6.64. The third-order valence-electron chi connectivity index (χ3n) is 3.01. The Morgan fingerprint density at radius 3 is 2.28 bits per heavy atom. The van der Waals surface area contributed by atoms with Crippen LogP contribution in [0.15, 0.2) is 24.3 Å². The van der Waals surface area contributed by atoms with Gasteiger partial charge in [0.25, 0.3) is 0 Å². The van der Waals surface area contributed by atoms with Gasteiger partial charge in [-0.05, 0) is 43.5 Å². The van der Waals surface area contributed by atoms with E-state index in [2.05, 4.69) is 31.3 Å². The lowest BCUT2D eigenvalue weighted by Gasteiger charge is -2.17. The van der Waals surface area contributed by atoms with Crippen LogP contribution in [0, 0.1) is 5.92 Å². The summed E-state index contributed by atoms with van der Waals surface area (Å²) in [5.74, 6) is 0.710. The lowest BCUT2D eigenvalue weighted by molar-refractivity contribution is 0.115. The van der Waals surface area contributed by atoms with E-state index in [1.165, 1.54) is 5.56 Å². The predicted molar refractivity (Wildman–Crippen MR) is 78.1 cm³/mol. The molecule has 0 saturated heterocycles. The smallest absolute Gasteiger partial charge is 0.0484 e. The van der Waals surface area contributed by atoms with Crippen molar-refractivity contribution in [3.63, 3.8) is 0 Å². The summed E-state index contributed by atoms with van der Waals surface area (Å²) >= 11 is 5.89. The Morgan fingerprint density at radius 2 is 1.72 bits per heavy atom. The van der Waals surface area contributed by atoms with Gasteiger partial charge in [0, 0.05) is 24.3 Å². The Balaban J connectivity index is 2.31. The summed E-state index contributed by atoms with van der Waals surface area (Å²) in [5.41, 5.74) is 1.26. The average molecular weight is 270 g/mol. The second kappa shape index (κ2) is 8.52. The summed E-state index contributed by atoms with van der Waals surface area (Å²) in [4.78, 5) is 0. The van der Waals surface area contributed by atoms with Crippen LogP contribution in [0.4, 0.5) is 0 Å². The molecule has 0 saturated carbocycles. The largest absolute Gasteiger partial charge is 0.381 e. The number of halogens is 1. The quantitative estimate of drug-likeness (QED) is 0.719. The Bertz CT molecular complexity index is 324. The molecule has 0 fully saturated rings. The van der Waals surface area contributed by atoms with E-state index in [-0.39, 0.29) is 0 Å². The molecule has 0 aliphatic carbocycles. The molecule has 1 unspecified atom stereocenters. The highest BCUT2D eigenvalue weighted by atomic mass is 35.5. The number of ether oxygens (including phenoxy) is 1. The summed E-state index contributed by atoms with van der Waals surface area (Å²) in [6, 6.07) is 8.33. The van der Waals surface area contributed by atoms with E-state index in [0.717, 1.165) is 31.1 Å². The molecule has 1 aromatic carbocycles. The minimum Gasteiger partial charge on any atom is -0.381 e. The van der Waals surface area contributed by atoms with Gasteiger partial charge in [0.1, 0.15) is 0 Å². The van der Waals surface area contributed by atoms with Gasteiger partial charge in [0.15, 0.2) is 0 Å². The number of rotatable bonds is 8. The molecule has 0 heterocycles. The molecule has 102 valence electrons. The molecule has 1 N–H and O–H groups in total. The molecule has 2 nitrogen and oxygen atoms in total. The molecule has 0 bridgehead atoms. The highest BCUT2D eigenvalue weighted by Gasteiger charge is 2.08. The summed E-state index contributed by atoms with van der Waals surface area (Å²) in [5, 5.41) is 4.09. The van der Waals surface area contributed by atoms with Crippen LogP contribution in [0.25, 0.3) is 0 Å². The molecule has 18 heavy (non-hydrogen) atoms.